The predicted octanol–water partition coefficient (Wildman–Crippen LogP) is 0.502. The van der Waals surface area contributed by atoms with Gasteiger partial charge in [-0.05, 0) is 28.5 Å². The van der Waals surface area contributed by atoms with Crippen molar-refractivity contribution in [2.75, 3.05) is 12.8 Å². The molecule has 3 aromatic rings. The molecule has 0 aliphatic carbocycles. The van der Waals surface area contributed by atoms with Gasteiger partial charge in [0.2, 0.25) is 11.6 Å². The number of amides is 1. The molecule has 1 amide bonds. The number of methoxy groups -OCH3 is 1. The number of carbonyl (C=O) groups excluding carboxylic acids is 1. The lowest BCUT2D eigenvalue weighted by molar-refractivity contribution is 0.0944. The molecule has 4 N–H and O–H groups in total. The number of aromatic nitrogens is 5. The highest BCUT2D eigenvalue weighted by molar-refractivity contribution is 6.30. The van der Waals surface area contributed by atoms with Crippen LogP contribution in [0.5, 0.6) is 5.75 Å². The fraction of sp³-hybridized carbons (Fsp3) is 0.143. The molecule has 2 aromatic heterocycles. The molecular weight excluding hydrogens is 380 g/mol. The first-order valence-electron chi connectivity index (χ1n) is 7.35. The number of anilines is 1. The number of benzene rings is 1. The number of ether oxygens (including phenoxy) is 1. The van der Waals surface area contributed by atoms with E-state index in [9.17, 15) is 9.90 Å². The lowest BCUT2D eigenvalue weighted by Gasteiger charge is -2.04. The number of phenols is 1. The normalized spacial score (nSPS) is 11.2. The average molecular weight is 393 g/mol. The molecule has 0 saturated carbocycles. The van der Waals surface area contributed by atoms with E-state index in [-0.39, 0.29) is 35.4 Å². The molecule has 12 nitrogen and oxygen atoms in total. The summed E-state index contributed by atoms with van der Waals surface area (Å²) >= 11 is 5.85. The van der Waals surface area contributed by atoms with Gasteiger partial charge in [-0.25, -0.2) is 10.1 Å². The van der Waals surface area contributed by atoms with Crippen LogP contribution in [-0.4, -0.2) is 49.6 Å². The van der Waals surface area contributed by atoms with Crippen molar-refractivity contribution in [1.29, 1.82) is 0 Å². The summed E-state index contributed by atoms with van der Waals surface area (Å²) in [7, 11) is 1.43. The molecule has 13 heteroatoms. The average Bonchev–Trinajstić information content (AvgIpc) is 3.24. The molecule has 0 bridgehead atoms. The van der Waals surface area contributed by atoms with E-state index in [1.54, 1.807) is 0 Å². The van der Waals surface area contributed by atoms with Crippen LogP contribution in [0.15, 0.2) is 27.9 Å². The van der Waals surface area contributed by atoms with Crippen molar-refractivity contribution in [3.8, 4) is 11.6 Å². The fourth-order valence-corrected chi connectivity index (χ4v) is 2.27. The zero-order valence-corrected chi connectivity index (χ0v) is 14.6. The summed E-state index contributed by atoms with van der Waals surface area (Å²) in [5.74, 6) is -0.668. The zero-order valence-electron chi connectivity index (χ0n) is 13.8. The van der Waals surface area contributed by atoms with E-state index >= 15 is 0 Å². The van der Waals surface area contributed by atoms with Gasteiger partial charge in [0.15, 0.2) is 5.69 Å². The van der Waals surface area contributed by atoms with Gasteiger partial charge in [-0.1, -0.05) is 16.8 Å². The van der Waals surface area contributed by atoms with Crippen LogP contribution in [-0.2, 0) is 11.3 Å². The van der Waals surface area contributed by atoms with Crippen LogP contribution < -0.4 is 11.2 Å². The van der Waals surface area contributed by atoms with E-state index in [2.05, 4.69) is 35.8 Å². The Hall–Kier alpha value is -3.51. The second-order valence-electron chi connectivity index (χ2n) is 5.10. The Bertz CT molecular complexity index is 999. The molecule has 0 fully saturated rings. The third-order valence-electron chi connectivity index (χ3n) is 3.31. The number of nitrogens with one attached hydrogen (secondary N) is 1. The number of hydrogen-bond donors (Lipinski definition) is 3. The lowest BCUT2D eigenvalue weighted by Crippen LogP contribution is -2.20. The Labute approximate surface area is 156 Å². The molecule has 0 aliphatic heterocycles. The minimum atomic E-state index is -0.666. The molecule has 0 radical (unpaired) electrons. The number of carbonyl (C=O) groups is 1. The van der Waals surface area contributed by atoms with Crippen LogP contribution in [0, 0.1) is 0 Å². The molecule has 0 saturated heterocycles. The SMILES string of the molecule is COCc1c(C(=O)N/N=C\c2cc(Cl)ccc2O)nnn1-c1nonc1N. The first kappa shape index (κ1) is 18.3. The van der Waals surface area contributed by atoms with Gasteiger partial charge >= 0.3 is 0 Å². The lowest BCUT2D eigenvalue weighted by atomic mass is 10.2. The van der Waals surface area contributed by atoms with E-state index in [0.29, 0.717) is 10.6 Å². The predicted molar refractivity (Wildman–Crippen MR) is 92.5 cm³/mol. The van der Waals surface area contributed by atoms with Gasteiger partial charge in [0.25, 0.3) is 5.91 Å². The first-order chi connectivity index (χ1) is 13.0. The Balaban J connectivity index is 1.82. The van der Waals surface area contributed by atoms with Crippen molar-refractivity contribution in [3.63, 3.8) is 0 Å². The summed E-state index contributed by atoms with van der Waals surface area (Å²) < 4.78 is 10.8. The van der Waals surface area contributed by atoms with Gasteiger partial charge < -0.3 is 15.6 Å². The standard InChI is InChI=1S/C14H13ClN8O4/c1-26-6-9-11(18-22-23(9)13-12(16)20-27-21-13)14(25)19-17-5-7-4-8(15)2-3-10(7)24/h2-5,24H,6H2,1H3,(H2,16,20)(H,19,25)/b17-5-. The molecule has 0 aliphatic rings. The fourth-order valence-electron chi connectivity index (χ4n) is 2.09. The Morgan fingerprint density at radius 3 is 3.04 bits per heavy atom. The van der Waals surface area contributed by atoms with Gasteiger partial charge in [0.05, 0.1) is 12.8 Å². The Kier molecular flexibility index (Phi) is 5.28. The number of hydrogen-bond acceptors (Lipinski definition) is 10. The smallest absolute Gasteiger partial charge is 0.293 e. The Morgan fingerprint density at radius 2 is 2.33 bits per heavy atom. The van der Waals surface area contributed by atoms with Gasteiger partial charge in [0, 0.05) is 17.7 Å². The minimum absolute atomic E-state index is 0.0130. The van der Waals surface area contributed by atoms with E-state index in [4.69, 9.17) is 22.1 Å². The monoisotopic (exact) mass is 392 g/mol. The number of aromatic hydroxyl groups is 1. The third kappa shape index (κ3) is 3.86. The molecular formula is C14H13ClN8O4. The van der Waals surface area contributed by atoms with Crippen LogP contribution in [0.1, 0.15) is 21.7 Å². The summed E-state index contributed by atoms with van der Waals surface area (Å²) in [4.78, 5) is 12.4. The van der Waals surface area contributed by atoms with Crippen molar-refractivity contribution in [2.24, 2.45) is 5.10 Å². The van der Waals surface area contributed by atoms with Crippen LogP contribution in [0.4, 0.5) is 5.82 Å². The molecule has 27 heavy (non-hydrogen) atoms. The summed E-state index contributed by atoms with van der Waals surface area (Å²) in [5.41, 5.74) is 8.44. The maximum atomic E-state index is 12.4. The Morgan fingerprint density at radius 1 is 1.52 bits per heavy atom. The molecule has 0 spiro atoms. The number of rotatable bonds is 6. The molecule has 3 rings (SSSR count). The summed E-state index contributed by atoms with van der Waals surface area (Å²) in [6.45, 7) is -0.0130. The van der Waals surface area contributed by atoms with E-state index in [1.807, 2.05) is 0 Å². The van der Waals surface area contributed by atoms with E-state index in [1.165, 1.54) is 36.2 Å². The van der Waals surface area contributed by atoms with Crippen molar-refractivity contribution in [1.82, 2.24) is 30.7 Å². The highest BCUT2D eigenvalue weighted by Gasteiger charge is 2.23. The van der Waals surface area contributed by atoms with Crippen molar-refractivity contribution >= 4 is 29.5 Å². The number of nitrogens with zero attached hydrogens (tertiary/aromatic N) is 6. The van der Waals surface area contributed by atoms with Gasteiger partial charge in [-0.15, -0.1) is 5.10 Å². The highest BCUT2D eigenvalue weighted by atomic mass is 35.5. The largest absolute Gasteiger partial charge is 0.507 e. The highest BCUT2D eigenvalue weighted by Crippen LogP contribution is 2.19. The number of phenolic OH excluding ortho intramolecular Hbond substituents is 1. The zero-order chi connectivity index (χ0) is 19.4. The molecule has 0 unspecified atom stereocenters. The number of nitrogen functional groups attached to an aromatic ring is 1. The number of halogens is 1. The second kappa shape index (κ2) is 7.80. The second-order valence-corrected chi connectivity index (χ2v) is 5.54. The molecule has 1 aromatic carbocycles. The molecule has 2 heterocycles. The maximum Gasteiger partial charge on any atom is 0.293 e. The minimum Gasteiger partial charge on any atom is -0.507 e. The van der Waals surface area contributed by atoms with Crippen molar-refractivity contribution in [2.45, 2.75) is 6.61 Å². The van der Waals surface area contributed by atoms with Crippen LogP contribution in [0.3, 0.4) is 0 Å². The molecule has 0 atom stereocenters. The first-order valence-corrected chi connectivity index (χ1v) is 7.73. The van der Waals surface area contributed by atoms with Gasteiger partial charge in [-0.2, -0.15) is 9.78 Å². The maximum absolute atomic E-state index is 12.4. The summed E-state index contributed by atoms with van der Waals surface area (Å²) in [5, 5.41) is 28.6. The van der Waals surface area contributed by atoms with Crippen molar-refractivity contribution < 1.29 is 19.3 Å². The van der Waals surface area contributed by atoms with Gasteiger partial charge in [0.1, 0.15) is 11.4 Å². The van der Waals surface area contributed by atoms with E-state index in [0.717, 1.165) is 0 Å². The molecule has 140 valence electrons. The van der Waals surface area contributed by atoms with Crippen LogP contribution >= 0.6 is 11.6 Å². The topological polar surface area (TPSA) is 167 Å². The quantitative estimate of drug-likeness (QED) is 0.399. The van der Waals surface area contributed by atoms with Gasteiger partial charge in [-0.3, -0.25) is 4.79 Å². The van der Waals surface area contributed by atoms with Crippen molar-refractivity contribution in [3.05, 3.63) is 40.2 Å². The van der Waals surface area contributed by atoms with Crippen LogP contribution in [0.25, 0.3) is 5.82 Å². The third-order valence-corrected chi connectivity index (χ3v) is 3.55. The van der Waals surface area contributed by atoms with Crippen LogP contribution in [0.2, 0.25) is 5.02 Å². The van der Waals surface area contributed by atoms with E-state index < -0.39 is 5.91 Å². The number of hydrazone groups is 1. The summed E-state index contributed by atoms with van der Waals surface area (Å²) in [6, 6.07) is 4.41. The summed E-state index contributed by atoms with van der Waals surface area (Å²) in [6.07, 6.45) is 1.24. The number of nitrogens with two attached hydrogens (primary N) is 1.